The number of amides is 1. The van der Waals surface area contributed by atoms with Crippen LogP contribution in [0, 0.1) is 0 Å². The molecule has 2 aromatic rings. The molecule has 0 radical (unpaired) electrons. The van der Waals surface area contributed by atoms with Crippen LogP contribution in [-0.2, 0) is 9.30 Å². The van der Waals surface area contributed by atoms with Crippen molar-refractivity contribution in [3.8, 4) is 0 Å². The van der Waals surface area contributed by atoms with Gasteiger partial charge in [0.25, 0.3) is 5.91 Å². The molecule has 1 aliphatic rings. The lowest BCUT2D eigenvalue weighted by molar-refractivity contribution is 0.0907. The zero-order valence-corrected chi connectivity index (χ0v) is 16.7. The van der Waals surface area contributed by atoms with Gasteiger partial charge in [-0.25, -0.2) is 4.57 Å². The van der Waals surface area contributed by atoms with Crippen molar-refractivity contribution in [2.75, 3.05) is 33.4 Å². The van der Waals surface area contributed by atoms with Gasteiger partial charge in [-0.2, -0.15) is 0 Å². The number of nitrogens with one attached hydrogen (secondary N) is 1. The molecule has 9 nitrogen and oxygen atoms in total. The normalized spacial score (nSPS) is 15.9. The van der Waals surface area contributed by atoms with Gasteiger partial charge in [0.1, 0.15) is 5.58 Å². The molecule has 1 aromatic carbocycles. The molecule has 10 heteroatoms. The van der Waals surface area contributed by atoms with Gasteiger partial charge in [-0.15, -0.1) is 0 Å². The highest BCUT2D eigenvalue weighted by Gasteiger charge is 2.22. The van der Waals surface area contributed by atoms with Gasteiger partial charge >= 0.3 is 7.82 Å². The number of fused-ring (bicyclic) bond motifs is 1. The molecule has 1 saturated heterocycles. The van der Waals surface area contributed by atoms with Gasteiger partial charge in [0.05, 0.1) is 11.8 Å². The molecule has 0 aliphatic carbocycles. The van der Waals surface area contributed by atoms with Crippen LogP contribution in [0.2, 0.25) is 0 Å². The topological polar surface area (TPSA) is 132 Å². The average Bonchev–Trinajstić information content (AvgIpc) is 3.10. The van der Waals surface area contributed by atoms with Crippen LogP contribution >= 0.6 is 7.82 Å². The van der Waals surface area contributed by atoms with Gasteiger partial charge < -0.3 is 34.1 Å². The zero-order chi connectivity index (χ0) is 20.6. The zero-order valence-electron chi connectivity index (χ0n) is 15.8. The van der Waals surface area contributed by atoms with Crippen molar-refractivity contribution >= 4 is 24.7 Å². The van der Waals surface area contributed by atoms with E-state index >= 15 is 0 Å². The highest BCUT2D eigenvalue weighted by Crippen LogP contribution is 2.25. The van der Waals surface area contributed by atoms with Crippen molar-refractivity contribution in [1.82, 2.24) is 10.2 Å². The van der Waals surface area contributed by atoms with E-state index in [9.17, 15) is 4.79 Å². The van der Waals surface area contributed by atoms with Gasteiger partial charge in [0.15, 0.2) is 0 Å². The Hall–Kier alpha value is -1.74. The lowest BCUT2D eigenvalue weighted by Crippen LogP contribution is -2.45. The molecule has 0 unspecified atom stereocenters. The molecule has 1 amide bonds. The summed E-state index contributed by atoms with van der Waals surface area (Å²) < 4.78 is 19.4. The van der Waals surface area contributed by atoms with E-state index in [0.717, 1.165) is 50.9 Å². The van der Waals surface area contributed by atoms with E-state index in [4.69, 9.17) is 28.4 Å². The number of methoxy groups -OCH3 is 1. The maximum Gasteiger partial charge on any atom is 0.466 e. The van der Waals surface area contributed by atoms with Crippen molar-refractivity contribution in [3.63, 3.8) is 0 Å². The van der Waals surface area contributed by atoms with E-state index < -0.39 is 7.82 Å². The number of para-hydroxylation sites is 1. The van der Waals surface area contributed by atoms with Gasteiger partial charge in [0.2, 0.25) is 0 Å². The molecule has 28 heavy (non-hydrogen) atoms. The first-order valence-electron chi connectivity index (χ1n) is 9.04. The van der Waals surface area contributed by atoms with E-state index in [1.165, 1.54) is 0 Å². The maximum atomic E-state index is 12.5. The van der Waals surface area contributed by atoms with Crippen molar-refractivity contribution in [3.05, 3.63) is 36.1 Å². The lowest BCUT2D eigenvalue weighted by atomic mass is 10.0. The van der Waals surface area contributed by atoms with Crippen LogP contribution in [0.1, 0.15) is 29.6 Å². The summed E-state index contributed by atoms with van der Waals surface area (Å²) in [7, 11) is -2.90. The van der Waals surface area contributed by atoms with Crippen molar-refractivity contribution < 1.29 is 33.2 Å². The minimum absolute atomic E-state index is 0.0385. The average molecular weight is 414 g/mol. The predicted molar refractivity (Wildman–Crippen MR) is 104 cm³/mol. The number of piperidine rings is 1. The number of carbonyl (C=O) groups is 1. The minimum Gasteiger partial charge on any atom is -0.464 e. The third-order valence-corrected chi connectivity index (χ3v) is 4.47. The summed E-state index contributed by atoms with van der Waals surface area (Å²) in [4.78, 5) is 36.5. The van der Waals surface area contributed by atoms with Crippen LogP contribution in [0.25, 0.3) is 11.0 Å². The van der Waals surface area contributed by atoms with Crippen molar-refractivity contribution in [2.24, 2.45) is 0 Å². The molecule has 2 heterocycles. The largest absolute Gasteiger partial charge is 0.466 e. The quantitative estimate of drug-likeness (QED) is 0.415. The van der Waals surface area contributed by atoms with Gasteiger partial charge in [-0.1, -0.05) is 12.1 Å². The first-order chi connectivity index (χ1) is 13.3. The summed E-state index contributed by atoms with van der Waals surface area (Å²) in [5.41, 5.74) is 1.29. The Bertz CT molecular complexity index is 788. The third-order valence-electron chi connectivity index (χ3n) is 4.47. The summed E-state index contributed by atoms with van der Waals surface area (Å²) in [6.07, 6.45) is 4.67. The maximum absolute atomic E-state index is 12.5. The summed E-state index contributed by atoms with van der Waals surface area (Å²) in [5.74, 6) is -0.0385. The van der Waals surface area contributed by atoms with E-state index in [2.05, 4.69) is 10.2 Å². The third kappa shape index (κ3) is 7.71. The smallest absolute Gasteiger partial charge is 0.464 e. The van der Waals surface area contributed by atoms with Gasteiger partial charge in [-0.3, -0.25) is 4.79 Å². The number of ether oxygens (including phenoxy) is 1. The Morgan fingerprint density at radius 2 is 1.96 bits per heavy atom. The Balaban J connectivity index is 0.000000500. The van der Waals surface area contributed by atoms with E-state index in [-0.39, 0.29) is 11.9 Å². The van der Waals surface area contributed by atoms with Crippen molar-refractivity contribution in [1.29, 1.82) is 0 Å². The molecule has 1 aromatic heterocycles. The Morgan fingerprint density at radius 3 is 2.61 bits per heavy atom. The van der Waals surface area contributed by atoms with Crippen LogP contribution in [0.4, 0.5) is 0 Å². The second kappa shape index (κ2) is 10.7. The molecular formula is C18H27N2O7P. The molecule has 1 fully saturated rings. The Morgan fingerprint density at radius 1 is 1.29 bits per heavy atom. The number of likely N-dealkylation sites (tertiary alicyclic amines) is 1. The molecule has 0 saturated carbocycles. The first kappa shape index (κ1) is 22.5. The summed E-state index contributed by atoms with van der Waals surface area (Å²) in [5, 5.41) is 4.12. The fourth-order valence-corrected chi connectivity index (χ4v) is 3.17. The number of benzene rings is 1. The second-order valence-corrected chi connectivity index (χ2v) is 7.62. The molecular weight excluding hydrogens is 387 g/mol. The number of hydrogen-bond acceptors (Lipinski definition) is 5. The van der Waals surface area contributed by atoms with Crippen LogP contribution < -0.4 is 5.32 Å². The van der Waals surface area contributed by atoms with Gasteiger partial charge in [-0.05, 0) is 31.4 Å². The molecule has 4 N–H and O–H groups in total. The van der Waals surface area contributed by atoms with Gasteiger partial charge in [0, 0.05) is 44.8 Å². The van der Waals surface area contributed by atoms with Crippen LogP contribution in [0.5, 0.6) is 0 Å². The summed E-state index contributed by atoms with van der Waals surface area (Å²) >= 11 is 0. The highest BCUT2D eigenvalue weighted by molar-refractivity contribution is 7.45. The summed E-state index contributed by atoms with van der Waals surface area (Å²) in [6, 6.07) is 7.79. The lowest BCUT2D eigenvalue weighted by Gasteiger charge is -2.32. The van der Waals surface area contributed by atoms with Crippen molar-refractivity contribution in [2.45, 2.75) is 25.3 Å². The fraction of sp³-hybridized carbons (Fsp3) is 0.500. The number of carbonyl (C=O) groups excluding carboxylic acids is 1. The fourth-order valence-electron chi connectivity index (χ4n) is 3.17. The SMILES string of the molecule is COCCCN1CCC(NC(=O)c2cccc3ccoc23)CC1.O=P(O)(O)O. The predicted octanol–water partition coefficient (Wildman–Crippen LogP) is 1.73. The molecule has 0 bridgehead atoms. The van der Waals surface area contributed by atoms with Crippen LogP contribution in [0.3, 0.4) is 0 Å². The first-order valence-corrected chi connectivity index (χ1v) is 10.6. The molecule has 3 rings (SSSR count). The number of hydrogen-bond donors (Lipinski definition) is 4. The van der Waals surface area contributed by atoms with Crippen LogP contribution in [-0.4, -0.2) is 64.9 Å². The Labute approximate surface area is 163 Å². The molecule has 156 valence electrons. The molecule has 1 aliphatic heterocycles. The van der Waals surface area contributed by atoms with E-state index in [1.807, 2.05) is 24.3 Å². The number of phosphoric acid groups is 1. The number of nitrogens with zero attached hydrogens (tertiary/aromatic N) is 1. The highest BCUT2D eigenvalue weighted by atomic mass is 31.2. The number of furan rings is 1. The number of rotatable bonds is 6. The Kier molecular flexibility index (Phi) is 8.62. The monoisotopic (exact) mass is 414 g/mol. The minimum atomic E-state index is -4.64. The van der Waals surface area contributed by atoms with E-state index in [1.54, 1.807) is 13.4 Å². The second-order valence-electron chi connectivity index (χ2n) is 6.59. The molecule has 0 spiro atoms. The van der Waals surface area contributed by atoms with E-state index in [0.29, 0.717) is 11.1 Å². The van der Waals surface area contributed by atoms with Crippen LogP contribution in [0.15, 0.2) is 34.9 Å². The standard InChI is InChI=1S/C18H24N2O3.H3O4P/c1-22-12-3-9-20-10-6-15(7-11-20)19-18(21)16-5-2-4-14-8-13-23-17(14)16;1-5(2,3)4/h2,4-5,8,13,15H,3,6-7,9-12H2,1H3,(H,19,21);(H3,1,2,3,4). The summed E-state index contributed by atoms with van der Waals surface area (Å²) in [6.45, 7) is 3.93. The molecule has 0 atom stereocenters.